The number of primary amides is 1. The van der Waals surface area contributed by atoms with Crippen molar-refractivity contribution in [3.8, 4) is 6.07 Å². The van der Waals surface area contributed by atoms with E-state index in [1.54, 1.807) is 17.0 Å². The average Bonchev–Trinajstić information content (AvgIpc) is 3.57. The number of hydrogen-bond acceptors (Lipinski definition) is 7. The molecule has 0 radical (unpaired) electrons. The van der Waals surface area contributed by atoms with Gasteiger partial charge in [0.15, 0.2) is 0 Å². The van der Waals surface area contributed by atoms with Gasteiger partial charge in [-0.25, -0.2) is 4.79 Å². The molecular formula is C20H32N6O4. The third-order valence-corrected chi connectivity index (χ3v) is 4.87. The Morgan fingerprint density at radius 3 is 2.47 bits per heavy atom. The lowest BCUT2D eigenvalue weighted by Gasteiger charge is -2.23. The summed E-state index contributed by atoms with van der Waals surface area (Å²) in [6.45, 7) is 1.89. The van der Waals surface area contributed by atoms with Crippen molar-refractivity contribution in [1.82, 2.24) is 15.2 Å². The van der Waals surface area contributed by atoms with E-state index in [-0.39, 0.29) is 30.2 Å². The summed E-state index contributed by atoms with van der Waals surface area (Å²) >= 11 is 0. The summed E-state index contributed by atoms with van der Waals surface area (Å²) in [7, 11) is 1.73. The molecule has 3 amide bonds. The molecule has 2 fully saturated rings. The summed E-state index contributed by atoms with van der Waals surface area (Å²) in [6, 6.07) is 2.08. The predicted molar refractivity (Wildman–Crippen MR) is 110 cm³/mol. The van der Waals surface area contributed by atoms with Crippen molar-refractivity contribution in [2.24, 2.45) is 22.7 Å². The van der Waals surface area contributed by atoms with Gasteiger partial charge in [0, 0.05) is 39.0 Å². The summed E-state index contributed by atoms with van der Waals surface area (Å²) in [6.07, 6.45) is 5.02. The fourth-order valence-corrected chi connectivity index (χ4v) is 2.81. The molecule has 2 aliphatic rings. The van der Waals surface area contributed by atoms with E-state index in [2.05, 4.69) is 16.5 Å². The Labute approximate surface area is 177 Å². The molecule has 0 aromatic carbocycles. The van der Waals surface area contributed by atoms with Crippen LogP contribution in [0.3, 0.4) is 0 Å². The van der Waals surface area contributed by atoms with Crippen LogP contribution in [0, 0.1) is 23.2 Å². The molecule has 10 heteroatoms. The van der Waals surface area contributed by atoms with Crippen molar-refractivity contribution >= 4 is 23.7 Å². The Hall–Kier alpha value is -2.83. The second-order valence-corrected chi connectivity index (χ2v) is 7.96. The smallest absolute Gasteiger partial charge is 0.409 e. The first kappa shape index (κ1) is 23.4. The lowest BCUT2D eigenvalue weighted by atomic mass is 10.3. The van der Waals surface area contributed by atoms with Crippen LogP contribution >= 0.6 is 0 Å². The van der Waals surface area contributed by atoms with E-state index >= 15 is 0 Å². The van der Waals surface area contributed by atoms with Gasteiger partial charge < -0.3 is 20.7 Å². The molecule has 2 aliphatic carbocycles. The monoisotopic (exact) mass is 420 g/mol. The Morgan fingerprint density at radius 2 is 1.87 bits per heavy atom. The van der Waals surface area contributed by atoms with Crippen LogP contribution in [0.25, 0.3) is 0 Å². The van der Waals surface area contributed by atoms with Crippen molar-refractivity contribution in [2.45, 2.75) is 51.4 Å². The maximum absolute atomic E-state index is 12.3. The number of nitrogens with one attached hydrogen (secondary N) is 1. The minimum absolute atomic E-state index is 0.00278. The number of nitriles is 1. The molecule has 0 heterocycles. The Morgan fingerprint density at radius 1 is 1.17 bits per heavy atom. The minimum Gasteiger partial charge on any atom is -0.449 e. The number of ether oxygens (including phenoxy) is 1. The SMILES string of the molecule is CN(CCCN(CCCC#N)C(=O)OCC1CC1)/N=C(\CC(N)=O)NC(=O)C1CC1. The fourth-order valence-electron chi connectivity index (χ4n) is 2.81. The third-order valence-electron chi connectivity index (χ3n) is 4.87. The van der Waals surface area contributed by atoms with Crippen LogP contribution in [-0.2, 0) is 14.3 Å². The molecule has 0 unspecified atom stereocenters. The number of unbranched alkanes of at least 4 members (excludes halogenated alkanes) is 1. The van der Waals surface area contributed by atoms with Crippen LogP contribution < -0.4 is 11.1 Å². The Bertz CT molecular complexity index is 681. The first-order valence-electron chi connectivity index (χ1n) is 10.6. The van der Waals surface area contributed by atoms with Crippen LogP contribution in [0.4, 0.5) is 4.79 Å². The van der Waals surface area contributed by atoms with Gasteiger partial charge in [-0.05, 0) is 44.4 Å². The number of rotatable bonds is 13. The van der Waals surface area contributed by atoms with Gasteiger partial charge in [0.05, 0.1) is 19.1 Å². The quantitative estimate of drug-likeness (QED) is 0.198. The highest BCUT2D eigenvalue weighted by Gasteiger charge is 2.30. The number of amidine groups is 1. The highest BCUT2D eigenvalue weighted by molar-refractivity contribution is 6.07. The zero-order valence-electron chi connectivity index (χ0n) is 17.6. The molecule has 3 N–H and O–H groups in total. The second-order valence-electron chi connectivity index (χ2n) is 7.96. The summed E-state index contributed by atoms with van der Waals surface area (Å²) in [5.74, 6) is 0.0179. The molecule has 30 heavy (non-hydrogen) atoms. The molecule has 0 aromatic rings. The summed E-state index contributed by atoms with van der Waals surface area (Å²) < 4.78 is 5.36. The summed E-state index contributed by atoms with van der Waals surface area (Å²) in [5, 5.41) is 17.3. The Kier molecular flexibility index (Phi) is 9.38. The predicted octanol–water partition coefficient (Wildman–Crippen LogP) is 1.18. The number of carbonyl (C=O) groups excluding carboxylic acids is 3. The van der Waals surface area contributed by atoms with Crippen LogP contribution in [0.5, 0.6) is 0 Å². The number of carbonyl (C=O) groups is 3. The molecule has 0 atom stereocenters. The lowest BCUT2D eigenvalue weighted by Crippen LogP contribution is -2.37. The minimum atomic E-state index is -0.569. The molecule has 10 nitrogen and oxygen atoms in total. The van der Waals surface area contributed by atoms with E-state index < -0.39 is 5.91 Å². The molecule has 2 saturated carbocycles. The van der Waals surface area contributed by atoms with E-state index in [1.807, 2.05) is 0 Å². The van der Waals surface area contributed by atoms with Crippen molar-refractivity contribution in [3.05, 3.63) is 0 Å². The number of hydrazone groups is 1. The Balaban J connectivity index is 1.81. The molecule has 0 saturated heterocycles. The van der Waals surface area contributed by atoms with Crippen molar-refractivity contribution in [2.75, 3.05) is 33.3 Å². The lowest BCUT2D eigenvalue weighted by molar-refractivity contribution is -0.120. The first-order valence-corrected chi connectivity index (χ1v) is 10.6. The van der Waals surface area contributed by atoms with Gasteiger partial charge in [-0.3, -0.25) is 14.6 Å². The highest BCUT2D eigenvalue weighted by atomic mass is 16.6. The summed E-state index contributed by atoms with van der Waals surface area (Å²) in [4.78, 5) is 37.2. The van der Waals surface area contributed by atoms with Gasteiger partial charge in [0.25, 0.3) is 0 Å². The molecule has 2 rings (SSSR count). The highest BCUT2D eigenvalue weighted by Crippen LogP contribution is 2.29. The van der Waals surface area contributed by atoms with Crippen LogP contribution in [0.15, 0.2) is 5.10 Å². The van der Waals surface area contributed by atoms with E-state index in [9.17, 15) is 14.4 Å². The number of amides is 3. The zero-order chi connectivity index (χ0) is 21.9. The number of nitrogens with zero attached hydrogens (tertiary/aromatic N) is 4. The summed E-state index contributed by atoms with van der Waals surface area (Å²) in [5.41, 5.74) is 5.25. The molecule has 0 bridgehead atoms. The van der Waals surface area contributed by atoms with E-state index in [4.69, 9.17) is 15.7 Å². The van der Waals surface area contributed by atoms with Gasteiger partial charge >= 0.3 is 6.09 Å². The normalized spacial score (nSPS) is 15.8. The van der Waals surface area contributed by atoms with Crippen molar-refractivity contribution in [3.63, 3.8) is 0 Å². The standard InChI is InChI=1S/C20H32N6O4/c1-25(24-18(13-17(22)27)23-19(28)16-7-8-16)10-4-12-26(11-3-2-9-21)20(29)30-14-15-5-6-15/h15-16H,2-8,10-14H2,1H3,(H2,22,27)(H,23,24,28). The van der Waals surface area contributed by atoms with Gasteiger partial charge in [0.1, 0.15) is 5.84 Å². The molecule has 0 spiro atoms. The molecule has 0 aliphatic heterocycles. The van der Waals surface area contributed by atoms with Crippen molar-refractivity contribution < 1.29 is 19.1 Å². The van der Waals surface area contributed by atoms with Gasteiger partial charge in [-0.2, -0.15) is 10.4 Å². The average molecular weight is 421 g/mol. The first-order chi connectivity index (χ1) is 14.4. The van der Waals surface area contributed by atoms with Crippen LogP contribution in [-0.4, -0.2) is 66.9 Å². The van der Waals surface area contributed by atoms with Crippen LogP contribution in [0.1, 0.15) is 51.4 Å². The topological polar surface area (TPSA) is 141 Å². The fraction of sp³-hybridized carbons (Fsp3) is 0.750. The zero-order valence-corrected chi connectivity index (χ0v) is 17.6. The van der Waals surface area contributed by atoms with E-state index in [0.29, 0.717) is 51.4 Å². The van der Waals surface area contributed by atoms with E-state index in [0.717, 1.165) is 25.7 Å². The van der Waals surface area contributed by atoms with Crippen LogP contribution in [0.2, 0.25) is 0 Å². The second kappa shape index (κ2) is 12.0. The third kappa shape index (κ3) is 9.58. The number of hydrogen-bond donors (Lipinski definition) is 2. The maximum Gasteiger partial charge on any atom is 0.409 e. The molecule has 0 aromatic heterocycles. The van der Waals surface area contributed by atoms with Gasteiger partial charge in [-0.15, -0.1) is 0 Å². The van der Waals surface area contributed by atoms with Gasteiger partial charge in [0.2, 0.25) is 11.8 Å². The number of nitrogens with two attached hydrogens (primary N) is 1. The molecular weight excluding hydrogens is 388 g/mol. The molecule has 166 valence electrons. The maximum atomic E-state index is 12.3. The van der Waals surface area contributed by atoms with E-state index in [1.165, 1.54) is 0 Å². The largest absolute Gasteiger partial charge is 0.449 e. The van der Waals surface area contributed by atoms with Crippen molar-refractivity contribution in [1.29, 1.82) is 5.26 Å². The van der Waals surface area contributed by atoms with Gasteiger partial charge in [-0.1, -0.05) is 0 Å².